The van der Waals surface area contributed by atoms with Gasteiger partial charge < -0.3 is 5.73 Å². The Balaban J connectivity index is 2.31. The number of hydrogen-bond acceptors (Lipinski definition) is 5. The highest BCUT2D eigenvalue weighted by Gasteiger charge is 2.22. The van der Waals surface area contributed by atoms with Crippen LogP contribution in [-0.2, 0) is 16.6 Å². The minimum atomic E-state index is -3.59. The third-order valence-corrected chi connectivity index (χ3v) is 5.99. The lowest BCUT2D eigenvalue weighted by atomic mass is 10.2. The topological polar surface area (TPSA) is 76.3 Å². The van der Waals surface area contributed by atoms with Crippen LogP contribution in [0, 0.1) is 6.92 Å². The molecule has 0 saturated heterocycles. The fraction of sp³-hybridized carbons (Fsp3) is 0.231. The fourth-order valence-corrected chi connectivity index (χ4v) is 3.98. The third kappa shape index (κ3) is 3.46. The van der Waals surface area contributed by atoms with Gasteiger partial charge in [0.05, 0.1) is 16.1 Å². The van der Waals surface area contributed by atoms with E-state index < -0.39 is 10.0 Å². The van der Waals surface area contributed by atoms with Gasteiger partial charge in [0.2, 0.25) is 10.0 Å². The van der Waals surface area contributed by atoms with Crippen molar-refractivity contribution < 1.29 is 8.42 Å². The first-order valence-electron chi connectivity index (χ1n) is 6.07. The second-order valence-electron chi connectivity index (χ2n) is 4.51. The number of thiazole rings is 1. The Morgan fingerprint density at radius 3 is 2.76 bits per heavy atom. The van der Waals surface area contributed by atoms with Crippen molar-refractivity contribution in [2.75, 3.05) is 7.05 Å². The molecule has 0 aliphatic heterocycles. The molecule has 0 aliphatic carbocycles. The van der Waals surface area contributed by atoms with Gasteiger partial charge in [0.25, 0.3) is 0 Å². The molecule has 0 aliphatic rings. The molecule has 0 saturated carbocycles. The SMILES string of the molecule is Cc1ncsc1CN(C)S(=O)(=O)c1cccc(C(N)=S)c1. The van der Waals surface area contributed by atoms with Gasteiger partial charge in [0.1, 0.15) is 4.99 Å². The van der Waals surface area contributed by atoms with Crippen LogP contribution in [0.3, 0.4) is 0 Å². The van der Waals surface area contributed by atoms with Gasteiger partial charge in [-0.1, -0.05) is 24.4 Å². The lowest BCUT2D eigenvalue weighted by Crippen LogP contribution is -2.26. The van der Waals surface area contributed by atoms with Gasteiger partial charge in [0.15, 0.2) is 0 Å². The van der Waals surface area contributed by atoms with Crippen molar-refractivity contribution in [2.45, 2.75) is 18.4 Å². The molecular formula is C13H15N3O2S3. The normalized spacial score (nSPS) is 11.8. The Morgan fingerprint density at radius 2 is 2.19 bits per heavy atom. The quantitative estimate of drug-likeness (QED) is 0.841. The van der Waals surface area contributed by atoms with Crippen LogP contribution in [0.1, 0.15) is 16.1 Å². The van der Waals surface area contributed by atoms with Crippen LogP contribution in [0.2, 0.25) is 0 Å². The summed E-state index contributed by atoms with van der Waals surface area (Å²) in [4.78, 5) is 5.40. The van der Waals surface area contributed by atoms with E-state index in [4.69, 9.17) is 18.0 Å². The molecule has 0 fully saturated rings. The zero-order valence-electron chi connectivity index (χ0n) is 11.6. The highest BCUT2D eigenvalue weighted by molar-refractivity contribution is 7.89. The number of hydrogen-bond donors (Lipinski definition) is 1. The molecule has 1 heterocycles. The maximum absolute atomic E-state index is 12.6. The molecule has 112 valence electrons. The molecule has 0 amide bonds. The molecule has 2 N–H and O–H groups in total. The number of sulfonamides is 1. The summed E-state index contributed by atoms with van der Waals surface area (Å²) in [5.74, 6) is 0. The monoisotopic (exact) mass is 341 g/mol. The fourth-order valence-electron chi connectivity index (χ4n) is 1.75. The Hall–Kier alpha value is -1.35. The van der Waals surface area contributed by atoms with E-state index >= 15 is 0 Å². The second-order valence-corrected chi connectivity index (χ2v) is 7.94. The molecule has 8 heteroatoms. The van der Waals surface area contributed by atoms with E-state index in [1.54, 1.807) is 24.7 Å². The average Bonchev–Trinajstić information content (AvgIpc) is 2.84. The van der Waals surface area contributed by atoms with E-state index in [9.17, 15) is 8.42 Å². The minimum absolute atomic E-state index is 0.174. The Labute approximate surface area is 133 Å². The van der Waals surface area contributed by atoms with Crippen molar-refractivity contribution in [3.05, 3.63) is 45.9 Å². The molecule has 0 unspecified atom stereocenters. The van der Waals surface area contributed by atoms with Crippen molar-refractivity contribution >= 4 is 38.6 Å². The predicted octanol–water partition coefficient (Wildman–Crippen LogP) is 1.91. The van der Waals surface area contributed by atoms with Gasteiger partial charge >= 0.3 is 0 Å². The summed E-state index contributed by atoms with van der Waals surface area (Å²) in [5.41, 5.74) is 8.64. The second kappa shape index (κ2) is 6.18. The van der Waals surface area contributed by atoms with Crippen LogP contribution in [0.4, 0.5) is 0 Å². The molecule has 0 radical (unpaired) electrons. The average molecular weight is 341 g/mol. The number of nitrogens with two attached hydrogens (primary N) is 1. The summed E-state index contributed by atoms with van der Waals surface area (Å²) < 4.78 is 26.4. The summed E-state index contributed by atoms with van der Waals surface area (Å²) in [6.07, 6.45) is 0. The molecule has 2 aromatic rings. The first-order chi connectivity index (χ1) is 9.82. The summed E-state index contributed by atoms with van der Waals surface area (Å²) >= 11 is 6.32. The molecule has 1 aromatic carbocycles. The Morgan fingerprint density at radius 1 is 1.48 bits per heavy atom. The Kier molecular flexibility index (Phi) is 4.72. The number of nitrogens with zero attached hydrogens (tertiary/aromatic N) is 2. The zero-order valence-corrected chi connectivity index (χ0v) is 14.1. The lowest BCUT2D eigenvalue weighted by molar-refractivity contribution is 0.468. The van der Waals surface area contributed by atoms with E-state index in [-0.39, 0.29) is 16.4 Å². The number of benzene rings is 1. The van der Waals surface area contributed by atoms with Gasteiger partial charge in [-0.05, 0) is 19.1 Å². The van der Waals surface area contributed by atoms with Crippen LogP contribution in [0.25, 0.3) is 0 Å². The third-order valence-electron chi connectivity index (χ3n) is 3.04. The molecule has 2 rings (SSSR count). The predicted molar refractivity (Wildman–Crippen MR) is 87.8 cm³/mol. The number of aryl methyl sites for hydroxylation is 1. The summed E-state index contributed by atoms with van der Waals surface area (Å²) in [6, 6.07) is 6.35. The minimum Gasteiger partial charge on any atom is -0.389 e. The van der Waals surface area contributed by atoms with Crippen molar-refractivity contribution in [1.29, 1.82) is 0 Å². The van der Waals surface area contributed by atoms with E-state index in [1.165, 1.54) is 27.8 Å². The van der Waals surface area contributed by atoms with E-state index in [0.29, 0.717) is 5.56 Å². The molecule has 5 nitrogen and oxygen atoms in total. The number of rotatable bonds is 5. The maximum atomic E-state index is 12.6. The van der Waals surface area contributed by atoms with Crippen LogP contribution in [0.5, 0.6) is 0 Å². The van der Waals surface area contributed by atoms with E-state index in [2.05, 4.69) is 4.98 Å². The highest BCUT2D eigenvalue weighted by Crippen LogP contribution is 2.21. The van der Waals surface area contributed by atoms with Gasteiger partial charge in [0, 0.05) is 24.0 Å². The maximum Gasteiger partial charge on any atom is 0.243 e. The standard InChI is InChI=1S/C13H15N3O2S3/c1-9-12(20-8-15-9)7-16(2)21(17,18)11-5-3-4-10(6-11)13(14)19/h3-6,8H,7H2,1-2H3,(H2,14,19). The van der Waals surface area contributed by atoms with Crippen LogP contribution in [0.15, 0.2) is 34.7 Å². The molecular weight excluding hydrogens is 326 g/mol. The summed E-state index contributed by atoms with van der Waals surface area (Å²) in [6.45, 7) is 2.15. The van der Waals surface area contributed by atoms with Crippen molar-refractivity contribution in [3.8, 4) is 0 Å². The first-order valence-corrected chi connectivity index (χ1v) is 8.80. The Bertz CT molecular complexity index is 768. The smallest absolute Gasteiger partial charge is 0.243 e. The van der Waals surface area contributed by atoms with Crippen LogP contribution in [-0.4, -0.2) is 29.7 Å². The summed E-state index contributed by atoms with van der Waals surface area (Å²) in [7, 11) is -2.05. The number of aromatic nitrogens is 1. The van der Waals surface area contributed by atoms with E-state index in [1.807, 2.05) is 6.92 Å². The van der Waals surface area contributed by atoms with Crippen LogP contribution >= 0.6 is 23.6 Å². The van der Waals surface area contributed by atoms with E-state index in [0.717, 1.165) is 10.6 Å². The molecule has 0 bridgehead atoms. The largest absolute Gasteiger partial charge is 0.389 e. The van der Waals surface area contributed by atoms with Gasteiger partial charge in [-0.3, -0.25) is 0 Å². The first kappa shape index (κ1) is 16.0. The van der Waals surface area contributed by atoms with Gasteiger partial charge in [-0.15, -0.1) is 11.3 Å². The van der Waals surface area contributed by atoms with Crippen LogP contribution < -0.4 is 5.73 Å². The van der Waals surface area contributed by atoms with Gasteiger partial charge in [-0.25, -0.2) is 13.4 Å². The molecule has 0 spiro atoms. The molecule has 1 aromatic heterocycles. The summed E-state index contributed by atoms with van der Waals surface area (Å²) in [5, 5.41) is 0. The van der Waals surface area contributed by atoms with Crippen molar-refractivity contribution in [3.63, 3.8) is 0 Å². The van der Waals surface area contributed by atoms with Crippen molar-refractivity contribution in [1.82, 2.24) is 9.29 Å². The lowest BCUT2D eigenvalue weighted by Gasteiger charge is -2.17. The highest BCUT2D eigenvalue weighted by atomic mass is 32.2. The van der Waals surface area contributed by atoms with Gasteiger partial charge in [-0.2, -0.15) is 4.31 Å². The zero-order chi connectivity index (χ0) is 15.6. The molecule has 21 heavy (non-hydrogen) atoms. The van der Waals surface area contributed by atoms with Crippen molar-refractivity contribution in [2.24, 2.45) is 5.73 Å². The number of thiocarbonyl (C=S) groups is 1. The molecule has 0 atom stereocenters.